The number of aromatic nitrogens is 20. The quantitative estimate of drug-likeness (QED) is 0.0561. The molecule has 0 bridgehead atoms. The molecule has 16 aromatic heterocycles. The molecule has 0 saturated carbocycles. The fourth-order valence-electron chi connectivity index (χ4n) is 15.1. The van der Waals surface area contributed by atoms with E-state index < -0.39 is 23.7 Å². The van der Waals surface area contributed by atoms with Gasteiger partial charge in [-0.15, -0.1) is 5.10 Å². The molecule has 4 aliphatic rings. The molecular formula is C85H80F8N28O2. The van der Waals surface area contributed by atoms with E-state index in [1.807, 2.05) is 148 Å². The van der Waals surface area contributed by atoms with Gasteiger partial charge in [-0.05, 0) is 78.9 Å². The lowest BCUT2D eigenvalue weighted by molar-refractivity contribution is -0.0456. The molecule has 0 atom stereocenters. The molecule has 4 saturated heterocycles. The highest BCUT2D eigenvalue weighted by Gasteiger charge is 2.38. The van der Waals surface area contributed by atoms with E-state index in [4.69, 9.17) is 26.2 Å². The van der Waals surface area contributed by atoms with Crippen molar-refractivity contribution in [2.75, 3.05) is 81.9 Å². The predicted molar refractivity (Wildman–Crippen MR) is 450 cm³/mol. The molecule has 0 radical (unpaired) electrons. The zero-order valence-corrected chi connectivity index (χ0v) is 66.2. The molecule has 8 N–H and O–H groups in total. The van der Waals surface area contributed by atoms with Gasteiger partial charge in [-0.3, -0.25) is 33.2 Å². The smallest absolute Gasteiger partial charge is 0.321 e. The Hall–Kier alpha value is -14.9. The van der Waals surface area contributed by atoms with Gasteiger partial charge in [0.25, 0.3) is 23.7 Å². The van der Waals surface area contributed by atoms with E-state index in [0.29, 0.717) is 78.0 Å². The van der Waals surface area contributed by atoms with E-state index >= 15 is 0 Å². The highest BCUT2D eigenvalue weighted by Crippen LogP contribution is 2.39. The van der Waals surface area contributed by atoms with Crippen molar-refractivity contribution >= 4 is 96.5 Å². The maximum atomic E-state index is 13.5. The van der Waals surface area contributed by atoms with Gasteiger partial charge < -0.3 is 56.1 Å². The summed E-state index contributed by atoms with van der Waals surface area (Å²) < 4.78 is 127. The minimum absolute atomic E-state index is 0.0151. The number of imidazole rings is 1. The Morgan fingerprint density at radius 2 is 0.764 bits per heavy atom. The van der Waals surface area contributed by atoms with Crippen LogP contribution in [-0.2, 0) is 0 Å². The van der Waals surface area contributed by atoms with Gasteiger partial charge >= 0.3 is 12.0 Å². The minimum atomic E-state index is -2.59. The second kappa shape index (κ2) is 32.7. The number of nitrogens with one attached hydrogen (secondary N) is 2. The molecule has 38 heteroatoms. The molecule has 4 aliphatic heterocycles. The van der Waals surface area contributed by atoms with E-state index in [-0.39, 0.29) is 89.5 Å². The number of rotatable bonds is 16. The van der Waals surface area contributed by atoms with E-state index in [1.165, 1.54) is 0 Å². The van der Waals surface area contributed by atoms with Gasteiger partial charge in [0.05, 0.1) is 59.4 Å². The molecule has 0 spiro atoms. The molecule has 0 unspecified atom stereocenters. The fraction of sp³-hybridized carbons (Fsp3) is 0.247. The topological polar surface area (TPSA) is 350 Å². The second-order valence-corrected chi connectivity index (χ2v) is 30.2. The summed E-state index contributed by atoms with van der Waals surface area (Å²) in [5.74, 6) is -9.00. The summed E-state index contributed by atoms with van der Waals surface area (Å²) in [4.78, 5) is 58.4. The number of piperidine rings is 4. The van der Waals surface area contributed by atoms with Crippen molar-refractivity contribution in [2.24, 2.45) is 0 Å². The minimum Gasteiger partial charge on any atom is -0.371 e. The van der Waals surface area contributed by atoms with Crippen molar-refractivity contribution < 1.29 is 44.2 Å². The number of anilines is 4. The third-order valence-electron chi connectivity index (χ3n) is 22.1. The Bertz CT molecular complexity index is 6430. The third kappa shape index (κ3) is 17.4. The zero-order chi connectivity index (χ0) is 85.6. The number of nitrogens with zero attached hydrogens (tertiary/aromatic N) is 23. The molecule has 30 nitrogen and oxygen atoms in total. The van der Waals surface area contributed by atoms with Crippen LogP contribution < -0.4 is 22.5 Å². The van der Waals surface area contributed by atoms with Crippen molar-refractivity contribution in [1.29, 1.82) is 0 Å². The molecule has 0 aromatic carbocycles. The number of aromatic amines is 1. The Balaban J connectivity index is 0.000000116. The Morgan fingerprint density at radius 3 is 1.11 bits per heavy atom. The summed E-state index contributed by atoms with van der Waals surface area (Å²) in [6.45, 7) is 18.8. The van der Waals surface area contributed by atoms with Gasteiger partial charge in [0.2, 0.25) is 17.6 Å². The zero-order valence-electron chi connectivity index (χ0n) is 66.2. The number of likely N-dealkylation sites (tertiary alicyclic amines) is 4. The highest BCUT2D eigenvalue weighted by atomic mass is 19.3. The standard InChI is InChI=1S/C22H21F2N7O.C22H21F2N7.C21H19F2N7O.C20H19F2N7/c1-14(30-7-4-22(23,24)5-8-30)16-9-15-3-6-31(20(15)27-12-16)18-10-17(11-26-13-18)19-28-21(25-2)32-29-19;1-14(30-6-3-22(23,24)4-7-30)16-8-15-2-5-31(20(15)27-11-16)18-9-17(10-26-12-18)19-13-28-21(25)29-19;1-13(29-6-3-21(22,23)4-7-29)15-8-14-2-5-30(19(14)26-11-15)17-9-16(10-25-12-17)18-27-20(24)31-28-18;1-13(27-8-5-20(21,22)6-9-27)15-10-14-4-7-28(18(14)24-11-15)16-2-3-17-25-19(23)26-29(17)12-16/h3,6,9-13H,1,4-5,7-8H2,2H3,(H,25,28,29);2,5,8-13H,1,3-4,6-7H2,(H3,25,28,29);2,5,8-12H,1,3-4,6-7H2,(H2,24,27,28);2-4,7,10-12H,1,5-6,8-9H2,(H2,23,26). The first kappa shape index (κ1) is 80.5. The van der Waals surface area contributed by atoms with Gasteiger partial charge in [0, 0.05) is 262 Å². The van der Waals surface area contributed by atoms with Gasteiger partial charge in [-0.25, -0.2) is 64.6 Å². The van der Waals surface area contributed by atoms with Crippen LogP contribution in [0.15, 0.2) is 213 Å². The third-order valence-corrected chi connectivity index (χ3v) is 22.1. The molecule has 0 aliphatic carbocycles. The van der Waals surface area contributed by atoms with Crippen molar-refractivity contribution in [3.8, 4) is 56.8 Å². The number of nitrogen functional groups attached to an aromatic ring is 3. The Kier molecular flexibility index (Phi) is 21.4. The first-order chi connectivity index (χ1) is 59.1. The number of halogens is 8. The summed E-state index contributed by atoms with van der Waals surface area (Å²) in [7, 11) is 1.70. The van der Waals surface area contributed by atoms with Crippen LogP contribution in [0.2, 0.25) is 0 Å². The first-order valence-electron chi connectivity index (χ1n) is 39.2. The van der Waals surface area contributed by atoms with E-state index in [9.17, 15) is 35.1 Å². The summed E-state index contributed by atoms with van der Waals surface area (Å²) in [6.07, 6.45) is 27.0. The van der Waals surface area contributed by atoms with Crippen LogP contribution in [0.1, 0.15) is 73.6 Å². The first-order valence-corrected chi connectivity index (χ1v) is 39.2. The predicted octanol–water partition coefficient (Wildman–Crippen LogP) is 15.4. The summed E-state index contributed by atoms with van der Waals surface area (Å²) in [5, 5.41) is 18.4. The molecule has 20 rings (SSSR count). The van der Waals surface area contributed by atoms with Crippen LogP contribution >= 0.6 is 0 Å². The maximum Gasteiger partial charge on any atom is 0.321 e. The van der Waals surface area contributed by atoms with Crippen molar-refractivity contribution in [1.82, 2.24) is 118 Å². The van der Waals surface area contributed by atoms with E-state index in [2.05, 4.69) is 107 Å². The van der Waals surface area contributed by atoms with Gasteiger partial charge in [-0.1, -0.05) is 36.6 Å². The van der Waals surface area contributed by atoms with Crippen molar-refractivity contribution in [3.63, 3.8) is 0 Å². The lowest BCUT2D eigenvalue weighted by Gasteiger charge is -2.34. The van der Waals surface area contributed by atoms with Crippen LogP contribution in [0.5, 0.6) is 0 Å². The van der Waals surface area contributed by atoms with Gasteiger partial charge in [0.1, 0.15) is 22.6 Å². The number of alkyl halides is 8. The SMILES string of the molecule is C=C(c1cnc2c(ccn2-c2ccc3nc(N)nn3c2)c1)N1CCC(F)(F)CC1.C=C(c1cnc2c(ccn2-c2cncc(-c3cnc(N)[nH]3)c2)c1)N1CCC(F)(F)CC1.C=C(c1cnc2c(ccn2-c2cncc(-c3noc(N)n3)c2)c1)N1CCC(F)(F)CC1.C=C(c1cnc2c(ccn2-c2cncc(-c3noc(NC)n3)c2)c1)N1CCC(F)(F)CC1. The number of fused-ring (bicyclic) bond motifs is 5. The molecule has 4 fully saturated rings. The van der Waals surface area contributed by atoms with Crippen molar-refractivity contribution in [3.05, 3.63) is 227 Å². The number of hydrogen-bond donors (Lipinski definition) is 5. The summed E-state index contributed by atoms with van der Waals surface area (Å²) >= 11 is 0. The lowest BCUT2D eigenvalue weighted by Crippen LogP contribution is -2.38. The lowest BCUT2D eigenvalue weighted by atomic mass is 10.0. The molecule has 123 heavy (non-hydrogen) atoms. The Labute approximate surface area is 695 Å². The average molecular weight is 1680 g/mol. The van der Waals surface area contributed by atoms with Crippen molar-refractivity contribution in [2.45, 2.75) is 75.1 Å². The monoisotopic (exact) mass is 1680 g/mol. The van der Waals surface area contributed by atoms with Crippen LogP contribution in [-0.4, -0.2) is 201 Å². The van der Waals surface area contributed by atoms with Crippen LogP contribution in [0, 0.1) is 0 Å². The van der Waals surface area contributed by atoms with Crippen LogP contribution in [0.25, 0.3) is 129 Å². The molecule has 0 amide bonds. The number of H-pyrrole nitrogens is 1. The second-order valence-electron chi connectivity index (χ2n) is 30.2. The van der Waals surface area contributed by atoms with Gasteiger partial charge in [-0.2, -0.15) is 15.0 Å². The Morgan fingerprint density at radius 1 is 0.407 bits per heavy atom. The normalized spacial score (nSPS) is 16.1. The maximum absolute atomic E-state index is 13.5. The molecule has 20 heterocycles. The molecule has 16 aromatic rings. The fourth-order valence-corrected chi connectivity index (χ4v) is 15.1. The summed E-state index contributed by atoms with van der Waals surface area (Å²) in [6, 6.07) is 25.5. The van der Waals surface area contributed by atoms with E-state index in [1.54, 1.807) is 79.7 Å². The number of pyridine rings is 8. The van der Waals surface area contributed by atoms with Crippen LogP contribution in [0.4, 0.5) is 59.0 Å². The molecule has 628 valence electrons. The largest absolute Gasteiger partial charge is 0.371 e. The number of nitrogens with two attached hydrogens (primary N) is 3. The van der Waals surface area contributed by atoms with Crippen LogP contribution in [0.3, 0.4) is 0 Å². The van der Waals surface area contributed by atoms with Gasteiger partial charge in [0.15, 0.2) is 11.6 Å². The highest BCUT2D eigenvalue weighted by molar-refractivity contribution is 5.86. The molecular weight excluding hydrogens is 1600 g/mol. The number of hydrogen-bond acceptors (Lipinski definition) is 24. The van der Waals surface area contributed by atoms with E-state index in [0.717, 1.165) is 112 Å². The summed E-state index contributed by atoms with van der Waals surface area (Å²) in [5.41, 5.74) is 33.0. The average Bonchev–Trinajstić information content (AvgIpc) is 1.68.